The first-order valence-electron chi connectivity index (χ1n) is 10.1. The molecule has 1 saturated heterocycles. The number of nitrogens with one attached hydrogen (secondary N) is 1. The number of rotatable bonds is 7. The Labute approximate surface area is 200 Å². The Morgan fingerprint density at radius 2 is 2.09 bits per heavy atom. The molecule has 0 amide bonds. The van der Waals surface area contributed by atoms with Gasteiger partial charge >= 0.3 is 11.9 Å². The Bertz CT molecular complexity index is 1200. The molecular weight excluding hydrogens is 466 g/mol. The van der Waals surface area contributed by atoms with Gasteiger partial charge in [0.15, 0.2) is 5.11 Å². The first-order chi connectivity index (χ1) is 15.9. The van der Waals surface area contributed by atoms with Gasteiger partial charge in [-0.15, -0.1) is 0 Å². The van der Waals surface area contributed by atoms with E-state index in [9.17, 15) is 14.7 Å². The summed E-state index contributed by atoms with van der Waals surface area (Å²) in [4.78, 5) is 29.5. The third-order valence-electron chi connectivity index (χ3n) is 5.38. The number of aromatic nitrogens is 1. The number of hydrogen-bond acceptors (Lipinski definition) is 6. The summed E-state index contributed by atoms with van der Waals surface area (Å²) in [5.74, 6) is -0.428. The highest BCUT2D eigenvalue weighted by molar-refractivity contribution is 7.80. The molecule has 33 heavy (non-hydrogen) atoms. The summed E-state index contributed by atoms with van der Waals surface area (Å²) in [5, 5.41) is 13.4. The fraction of sp³-hybridized carbons (Fsp3) is 0.217. The number of hydrogen-bond donors (Lipinski definition) is 2. The van der Waals surface area contributed by atoms with Crippen LogP contribution in [0, 0.1) is 0 Å². The van der Waals surface area contributed by atoms with Gasteiger partial charge in [0.2, 0.25) is 0 Å². The lowest BCUT2D eigenvalue weighted by Crippen LogP contribution is -2.31. The second-order valence-corrected chi connectivity index (χ2v) is 8.14. The van der Waals surface area contributed by atoms with Crippen LogP contribution in [0.5, 0.6) is 0 Å². The van der Waals surface area contributed by atoms with Crippen molar-refractivity contribution >= 4 is 40.9 Å². The highest BCUT2D eigenvalue weighted by atomic mass is 35.5. The van der Waals surface area contributed by atoms with Crippen molar-refractivity contribution in [3.63, 3.8) is 0 Å². The molecule has 2 atom stereocenters. The Morgan fingerprint density at radius 1 is 1.27 bits per heavy atom. The minimum atomic E-state index is -1.06. The zero-order valence-electron chi connectivity index (χ0n) is 17.5. The number of carbonyl (C=O) groups is 2. The van der Waals surface area contributed by atoms with Gasteiger partial charge < -0.3 is 24.5 Å². The number of carboxylic acid groups (broad SMARTS) is 1. The molecule has 3 aromatic rings. The van der Waals surface area contributed by atoms with E-state index in [1.165, 1.54) is 25.3 Å². The number of carboxylic acids is 1. The number of pyridine rings is 1. The van der Waals surface area contributed by atoms with Crippen LogP contribution in [0.4, 0.5) is 0 Å². The molecule has 10 heteroatoms. The molecule has 2 aromatic heterocycles. The van der Waals surface area contributed by atoms with Crippen molar-refractivity contribution in [2.45, 2.75) is 18.5 Å². The van der Waals surface area contributed by atoms with Crippen LogP contribution in [0.3, 0.4) is 0 Å². The van der Waals surface area contributed by atoms with Crippen LogP contribution >= 0.6 is 23.8 Å². The molecule has 1 aromatic carbocycles. The van der Waals surface area contributed by atoms with Crippen LogP contribution in [-0.2, 0) is 9.53 Å². The SMILES string of the molecule is COC(=O)CCN1C(=S)N[C@H](c2ccccn2)[C@@H]1c1ccc(-c2cc(C(=O)O)ccc2Cl)o1. The number of thiocarbonyl (C=S) groups is 1. The van der Waals surface area contributed by atoms with E-state index in [0.29, 0.717) is 33.8 Å². The molecule has 0 saturated carbocycles. The maximum absolute atomic E-state index is 11.8. The van der Waals surface area contributed by atoms with Gasteiger partial charge in [0.1, 0.15) is 17.6 Å². The first kappa shape index (κ1) is 22.8. The average Bonchev–Trinajstić information content (AvgIpc) is 3.42. The standard InChI is InChI=1S/C23H20ClN3O5S/c1-31-19(28)9-11-27-21(20(26-23(27)33)16-4-2-3-10-25-16)18-8-7-17(32-18)14-12-13(22(29)30)5-6-15(14)24/h2-8,10,12,20-21H,9,11H2,1H3,(H,26,33)(H,29,30)/t20-,21+/m1/s1. The van der Waals surface area contributed by atoms with Crippen LogP contribution in [0.1, 0.15) is 40.3 Å². The third kappa shape index (κ3) is 4.69. The van der Waals surface area contributed by atoms with Crippen LogP contribution in [0.25, 0.3) is 11.3 Å². The van der Waals surface area contributed by atoms with Crippen LogP contribution in [0.2, 0.25) is 5.02 Å². The lowest BCUT2D eigenvalue weighted by molar-refractivity contribution is -0.140. The predicted octanol–water partition coefficient (Wildman–Crippen LogP) is 4.23. The number of nitrogens with zero attached hydrogens (tertiary/aromatic N) is 2. The summed E-state index contributed by atoms with van der Waals surface area (Å²) in [6.07, 6.45) is 1.84. The topological polar surface area (TPSA) is 105 Å². The number of methoxy groups -OCH3 is 1. The molecule has 2 N–H and O–H groups in total. The van der Waals surface area contributed by atoms with Crippen molar-refractivity contribution in [1.82, 2.24) is 15.2 Å². The molecule has 1 aliphatic rings. The zero-order valence-corrected chi connectivity index (χ0v) is 19.1. The highest BCUT2D eigenvalue weighted by Crippen LogP contribution is 2.41. The van der Waals surface area contributed by atoms with E-state index in [-0.39, 0.29) is 24.0 Å². The number of furan rings is 1. The monoisotopic (exact) mass is 485 g/mol. The van der Waals surface area contributed by atoms with E-state index in [1.807, 2.05) is 23.1 Å². The van der Waals surface area contributed by atoms with E-state index in [1.54, 1.807) is 18.3 Å². The number of carbonyl (C=O) groups excluding carboxylic acids is 1. The van der Waals surface area contributed by atoms with Crippen molar-refractivity contribution in [1.29, 1.82) is 0 Å². The smallest absolute Gasteiger partial charge is 0.335 e. The normalized spacial score (nSPS) is 17.6. The zero-order chi connectivity index (χ0) is 23.5. The van der Waals surface area contributed by atoms with Gasteiger partial charge in [-0.2, -0.15) is 0 Å². The molecular formula is C23H20ClN3O5S. The Balaban J connectivity index is 1.72. The Kier molecular flexibility index (Phi) is 6.62. The van der Waals surface area contributed by atoms with Crippen molar-refractivity contribution in [3.8, 4) is 11.3 Å². The van der Waals surface area contributed by atoms with Gasteiger partial charge in [-0.05, 0) is 54.7 Å². The minimum Gasteiger partial charge on any atom is -0.478 e. The number of benzene rings is 1. The maximum Gasteiger partial charge on any atom is 0.335 e. The van der Waals surface area contributed by atoms with Crippen LogP contribution in [-0.4, -0.2) is 45.7 Å². The second kappa shape index (κ2) is 9.60. The summed E-state index contributed by atoms with van der Waals surface area (Å²) in [6.45, 7) is 0.317. The van der Waals surface area contributed by atoms with E-state index < -0.39 is 12.0 Å². The number of aromatic carboxylic acids is 1. The lowest BCUT2D eigenvalue weighted by atomic mass is 10.0. The number of ether oxygens (including phenoxy) is 1. The predicted molar refractivity (Wildman–Crippen MR) is 125 cm³/mol. The Morgan fingerprint density at radius 3 is 2.79 bits per heavy atom. The van der Waals surface area contributed by atoms with Crippen LogP contribution < -0.4 is 5.32 Å². The van der Waals surface area contributed by atoms with Gasteiger partial charge in [-0.25, -0.2) is 4.79 Å². The Hall–Kier alpha value is -3.43. The van der Waals surface area contributed by atoms with Gasteiger partial charge in [0.05, 0.1) is 35.9 Å². The van der Waals surface area contributed by atoms with Crippen molar-refractivity contribution in [2.24, 2.45) is 0 Å². The van der Waals surface area contributed by atoms with Crippen molar-refractivity contribution < 1.29 is 23.8 Å². The summed E-state index contributed by atoms with van der Waals surface area (Å²) in [6, 6.07) is 12.8. The van der Waals surface area contributed by atoms with Gasteiger partial charge in [-0.3, -0.25) is 9.78 Å². The van der Waals surface area contributed by atoms with E-state index in [0.717, 1.165) is 5.69 Å². The summed E-state index contributed by atoms with van der Waals surface area (Å²) < 4.78 is 10.9. The molecule has 170 valence electrons. The highest BCUT2D eigenvalue weighted by Gasteiger charge is 2.41. The lowest BCUT2D eigenvalue weighted by Gasteiger charge is -2.25. The fourth-order valence-electron chi connectivity index (χ4n) is 3.77. The summed E-state index contributed by atoms with van der Waals surface area (Å²) in [7, 11) is 1.34. The van der Waals surface area contributed by atoms with E-state index in [4.69, 9.17) is 33.0 Å². The molecule has 3 heterocycles. The first-order valence-corrected chi connectivity index (χ1v) is 10.9. The number of esters is 1. The fourth-order valence-corrected chi connectivity index (χ4v) is 4.32. The minimum absolute atomic E-state index is 0.0992. The van der Waals surface area contributed by atoms with Crippen molar-refractivity contribution in [2.75, 3.05) is 13.7 Å². The van der Waals surface area contributed by atoms with Gasteiger partial charge in [-0.1, -0.05) is 17.7 Å². The van der Waals surface area contributed by atoms with E-state index in [2.05, 4.69) is 10.3 Å². The largest absolute Gasteiger partial charge is 0.478 e. The number of halogens is 1. The van der Waals surface area contributed by atoms with Gasteiger partial charge in [0.25, 0.3) is 0 Å². The average molecular weight is 486 g/mol. The quantitative estimate of drug-likeness (QED) is 0.375. The summed E-state index contributed by atoms with van der Waals surface area (Å²) in [5.41, 5.74) is 1.32. The molecule has 0 spiro atoms. The third-order valence-corrected chi connectivity index (χ3v) is 6.06. The maximum atomic E-state index is 11.8. The molecule has 1 aliphatic heterocycles. The molecule has 0 radical (unpaired) electrons. The summed E-state index contributed by atoms with van der Waals surface area (Å²) >= 11 is 11.9. The second-order valence-electron chi connectivity index (χ2n) is 7.35. The van der Waals surface area contributed by atoms with E-state index >= 15 is 0 Å². The van der Waals surface area contributed by atoms with Gasteiger partial charge in [0, 0.05) is 18.3 Å². The molecule has 8 nitrogen and oxygen atoms in total. The van der Waals surface area contributed by atoms with Crippen molar-refractivity contribution in [3.05, 3.63) is 76.8 Å². The molecule has 0 aliphatic carbocycles. The molecule has 0 bridgehead atoms. The molecule has 0 unspecified atom stereocenters. The molecule has 4 rings (SSSR count). The van der Waals surface area contributed by atoms with Crippen LogP contribution in [0.15, 0.2) is 59.1 Å². The molecule has 1 fully saturated rings.